The molecular weight excluding hydrogens is 576 g/mol. The highest BCUT2D eigenvalue weighted by Crippen LogP contribution is 2.43. The second kappa shape index (κ2) is 10.6. The summed E-state index contributed by atoms with van der Waals surface area (Å²) in [6.45, 7) is -0.982. The summed E-state index contributed by atoms with van der Waals surface area (Å²) in [6, 6.07) is 5.72. The summed E-state index contributed by atoms with van der Waals surface area (Å²) in [5, 5.41) is 6.51. The Bertz CT molecular complexity index is 1650. The normalized spacial score (nSPS) is 18.6. The van der Waals surface area contributed by atoms with E-state index in [0.29, 0.717) is 20.9 Å². The van der Waals surface area contributed by atoms with E-state index in [-0.39, 0.29) is 23.2 Å². The molecule has 0 unspecified atom stereocenters. The fourth-order valence-corrected chi connectivity index (χ4v) is 5.22. The lowest BCUT2D eigenvalue weighted by Crippen LogP contribution is -2.51. The number of rotatable bonds is 8. The van der Waals surface area contributed by atoms with Crippen molar-refractivity contribution in [3.63, 3.8) is 0 Å². The van der Waals surface area contributed by atoms with E-state index in [9.17, 15) is 41.5 Å². The summed E-state index contributed by atoms with van der Waals surface area (Å²) in [4.78, 5) is 65.0. The molecule has 2 heterocycles. The largest absolute Gasteiger partial charge is 0.408 e. The number of benzene rings is 2. The van der Waals surface area contributed by atoms with Crippen LogP contribution in [0, 0.1) is 5.82 Å². The van der Waals surface area contributed by atoms with Gasteiger partial charge in [-0.3, -0.25) is 28.8 Å². The molecule has 11 nitrogen and oxygen atoms in total. The Labute approximate surface area is 241 Å². The molecule has 3 aromatic rings. The van der Waals surface area contributed by atoms with Crippen LogP contribution in [0.1, 0.15) is 34.8 Å². The van der Waals surface area contributed by atoms with Crippen LogP contribution in [0.5, 0.6) is 0 Å². The number of hydrogen-bond acceptors (Lipinski definition) is 6. The number of carbonyl (C=O) groups is 5. The van der Waals surface area contributed by atoms with Gasteiger partial charge in [0.2, 0.25) is 11.8 Å². The van der Waals surface area contributed by atoms with Crippen LogP contribution in [0.15, 0.2) is 54.9 Å². The van der Waals surface area contributed by atoms with E-state index >= 15 is 0 Å². The van der Waals surface area contributed by atoms with Crippen molar-refractivity contribution in [3.05, 3.63) is 77.4 Å². The Morgan fingerprint density at radius 2 is 1.79 bits per heavy atom. The number of nitrogens with zero attached hydrogens (tertiary/aromatic N) is 4. The van der Waals surface area contributed by atoms with Gasteiger partial charge in [0, 0.05) is 30.3 Å². The highest BCUT2D eigenvalue weighted by atomic mass is 19.4. The molecule has 1 aromatic heterocycles. The molecule has 1 saturated heterocycles. The van der Waals surface area contributed by atoms with Crippen LogP contribution < -0.4 is 11.1 Å². The standard InChI is InChI=1S/C28H24F4N6O5/c1-15(28(30,31)32)37(11-16-2-5-19(29)6-3-16)24(41)14-38-25(42)27(35-26(38)43)9-22(39)20-8-17(4-7-21(20)27)18-10-34-36(12-18)13-23(33)40/h2-8,10,12,15H,9,11,13-14H2,1H3,(H2,33,40)(H,35,43)/t15-,27-/m0/s1. The maximum Gasteiger partial charge on any atom is 0.408 e. The molecule has 1 spiro atoms. The Morgan fingerprint density at radius 3 is 2.44 bits per heavy atom. The zero-order valence-electron chi connectivity index (χ0n) is 22.5. The molecular formula is C28H24F4N6O5. The summed E-state index contributed by atoms with van der Waals surface area (Å²) in [5.74, 6) is -3.84. The van der Waals surface area contributed by atoms with E-state index in [1.807, 2.05) is 0 Å². The van der Waals surface area contributed by atoms with Gasteiger partial charge in [-0.05, 0) is 41.8 Å². The molecule has 0 saturated carbocycles. The maximum atomic E-state index is 13.7. The molecule has 0 bridgehead atoms. The second-order valence-electron chi connectivity index (χ2n) is 10.3. The fraction of sp³-hybridized carbons (Fsp3) is 0.286. The molecule has 2 aromatic carbocycles. The van der Waals surface area contributed by atoms with Gasteiger partial charge in [-0.25, -0.2) is 9.18 Å². The average molecular weight is 601 g/mol. The Morgan fingerprint density at radius 1 is 1.09 bits per heavy atom. The number of aromatic nitrogens is 2. The first kappa shape index (κ1) is 29.4. The van der Waals surface area contributed by atoms with Crippen molar-refractivity contribution in [3.8, 4) is 11.1 Å². The lowest BCUT2D eigenvalue weighted by Gasteiger charge is -2.32. The summed E-state index contributed by atoms with van der Waals surface area (Å²) < 4.78 is 55.7. The third-order valence-electron chi connectivity index (χ3n) is 7.49. The number of urea groups is 1. The predicted molar refractivity (Wildman–Crippen MR) is 140 cm³/mol. The number of alkyl halides is 3. The number of halogens is 4. The molecule has 2 aliphatic rings. The van der Waals surface area contributed by atoms with E-state index < -0.39 is 72.6 Å². The number of fused-ring (bicyclic) bond motifs is 2. The van der Waals surface area contributed by atoms with Gasteiger partial charge in [0.15, 0.2) is 11.3 Å². The molecule has 1 aliphatic heterocycles. The maximum absolute atomic E-state index is 13.7. The number of carbonyl (C=O) groups excluding carboxylic acids is 5. The van der Waals surface area contributed by atoms with Crippen LogP contribution in [-0.2, 0) is 33.0 Å². The van der Waals surface area contributed by atoms with Crippen molar-refractivity contribution in [2.75, 3.05) is 6.54 Å². The first-order valence-corrected chi connectivity index (χ1v) is 12.9. The van der Waals surface area contributed by atoms with Gasteiger partial charge in [0.05, 0.1) is 6.20 Å². The molecule has 2 atom stereocenters. The van der Waals surface area contributed by atoms with Crippen molar-refractivity contribution >= 4 is 29.5 Å². The SMILES string of the molecule is C[C@H](N(Cc1ccc(F)cc1)C(=O)CN1C(=O)N[C@]2(CC(=O)c3cc(-c4cnn(CC(N)=O)c4)ccc32)C1=O)C(F)(F)F. The van der Waals surface area contributed by atoms with E-state index in [2.05, 4.69) is 10.4 Å². The van der Waals surface area contributed by atoms with Gasteiger partial charge in [-0.2, -0.15) is 18.3 Å². The van der Waals surface area contributed by atoms with Crippen molar-refractivity contribution < 1.29 is 41.5 Å². The smallest absolute Gasteiger partial charge is 0.368 e. The number of Topliss-reactive ketones (excluding diaryl/α,β-unsaturated/α-hetero) is 1. The van der Waals surface area contributed by atoms with E-state index in [1.54, 1.807) is 6.07 Å². The Kier molecular flexibility index (Phi) is 7.28. The lowest BCUT2D eigenvalue weighted by molar-refractivity contribution is -0.187. The van der Waals surface area contributed by atoms with E-state index in [4.69, 9.17) is 5.73 Å². The molecule has 1 fully saturated rings. The Hall–Kier alpha value is -5.08. The van der Waals surface area contributed by atoms with Crippen LogP contribution in [0.25, 0.3) is 11.1 Å². The number of hydrogen-bond donors (Lipinski definition) is 2. The summed E-state index contributed by atoms with van der Waals surface area (Å²) in [6.07, 6.45) is -2.30. The molecule has 3 N–H and O–H groups in total. The highest BCUT2D eigenvalue weighted by molar-refractivity contribution is 6.17. The zero-order chi connectivity index (χ0) is 31.3. The monoisotopic (exact) mass is 600 g/mol. The summed E-state index contributed by atoms with van der Waals surface area (Å²) in [7, 11) is 0. The number of nitrogens with two attached hydrogens (primary N) is 1. The molecule has 15 heteroatoms. The van der Waals surface area contributed by atoms with Crippen LogP contribution >= 0.6 is 0 Å². The first-order chi connectivity index (χ1) is 20.2. The minimum Gasteiger partial charge on any atom is -0.368 e. The number of imide groups is 1. The second-order valence-corrected chi connectivity index (χ2v) is 10.3. The molecule has 224 valence electrons. The number of amides is 5. The molecule has 5 rings (SSSR count). The number of primary amides is 1. The molecule has 1 aliphatic carbocycles. The molecule has 5 amide bonds. The van der Waals surface area contributed by atoms with Crippen LogP contribution in [-0.4, -0.2) is 67.9 Å². The third kappa shape index (κ3) is 5.45. The van der Waals surface area contributed by atoms with Crippen LogP contribution in [0.3, 0.4) is 0 Å². The topological polar surface area (TPSA) is 148 Å². The van der Waals surface area contributed by atoms with Crippen LogP contribution in [0.2, 0.25) is 0 Å². The van der Waals surface area contributed by atoms with Gasteiger partial charge >= 0.3 is 12.2 Å². The van der Waals surface area contributed by atoms with Crippen molar-refractivity contribution in [1.29, 1.82) is 0 Å². The minimum atomic E-state index is -4.83. The van der Waals surface area contributed by atoms with E-state index in [0.717, 1.165) is 19.1 Å². The van der Waals surface area contributed by atoms with Crippen molar-refractivity contribution in [1.82, 2.24) is 24.9 Å². The van der Waals surface area contributed by atoms with Gasteiger partial charge in [0.25, 0.3) is 5.91 Å². The van der Waals surface area contributed by atoms with Gasteiger partial charge in [-0.1, -0.05) is 24.3 Å². The van der Waals surface area contributed by atoms with Crippen molar-refractivity contribution in [2.45, 2.75) is 44.2 Å². The summed E-state index contributed by atoms with van der Waals surface area (Å²) >= 11 is 0. The number of nitrogens with one attached hydrogen (secondary N) is 1. The van der Waals surface area contributed by atoms with Gasteiger partial charge in [0.1, 0.15) is 24.9 Å². The number of ketones is 1. The van der Waals surface area contributed by atoms with Crippen LogP contribution in [0.4, 0.5) is 22.4 Å². The fourth-order valence-electron chi connectivity index (χ4n) is 5.22. The zero-order valence-corrected chi connectivity index (χ0v) is 22.5. The third-order valence-corrected chi connectivity index (χ3v) is 7.49. The quantitative estimate of drug-likeness (QED) is 0.300. The molecule has 0 radical (unpaired) electrons. The van der Waals surface area contributed by atoms with Gasteiger partial charge < -0.3 is 16.0 Å². The highest BCUT2D eigenvalue weighted by Gasteiger charge is 2.58. The molecule has 43 heavy (non-hydrogen) atoms. The first-order valence-electron chi connectivity index (χ1n) is 12.9. The minimum absolute atomic E-state index is 0.130. The van der Waals surface area contributed by atoms with Crippen molar-refractivity contribution in [2.24, 2.45) is 5.73 Å². The van der Waals surface area contributed by atoms with Gasteiger partial charge in [-0.15, -0.1) is 0 Å². The average Bonchev–Trinajstić information content (AvgIpc) is 3.58. The Balaban J connectivity index is 1.40. The predicted octanol–water partition coefficient (Wildman–Crippen LogP) is 2.49. The summed E-state index contributed by atoms with van der Waals surface area (Å²) in [5.41, 5.74) is 4.93. The lowest BCUT2D eigenvalue weighted by atomic mass is 9.90. The van der Waals surface area contributed by atoms with E-state index in [1.165, 1.54) is 41.3 Å².